The third-order valence-electron chi connectivity index (χ3n) is 4.59. The van der Waals surface area contributed by atoms with Crippen molar-refractivity contribution < 1.29 is 14.4 Å². The van der Waals surface area contributed by atoms with Crippen molar-refractivity contribution in [3.8, 4) is 5.75 Å². The molecule has 1 N–H and O–H groups in total. The monoisotopic (exact) mass is 385 g/mol. The Kier molecular flexibility index (Phi) is 9.48. The third-order valence-corrected chi connectivity index (χ3v) is 4.59. The van der Waals surface area contributed by atoms with E-state index in [1.54, 1.807) is 14.2 Å². The summed E-state index contributed by atoms with van der Waals surface area (Å²) in [6.45, 7) is 2.24. The Morgan fingerprint density at radius 2 is 1.68 bits per heavy atom. The number of amides is 1. The number of carbonyl (C=O) groups is 1. The van der Waals surface area contributed by atoms with E-state index in [9.17, 15) is 4.79 Å². The minimum atomic E-state index is -0.0238. The van der Waals surface area contributed by atoms with Gasteiger partial charge in [0.1, 0.15) is 5.75 Å². The quantitative estimate of drug-likeness (QED) is 0.449. The van der Waals surface area contributed by atoms with Crippen LogP contribution in [0.4, 0.5) is 0 Å². The molecule has 0 aliphatic carbocycles. The molecule has 0 saturated carbocycles. The third kappa shape index (κ3) is 6.96. The fourth-order valence-corrected chi connectivity index (χ4v) is 3.00. The first-order valence-corrected chi connectivity index (χ1v) is 9.63. The van der Waals surface area contributed by atoms with Gasteiger partial charge in [0, 0.05) is 32.2 Å². The highest BCUT2D eigenvalue weighted by atomic mass is 16.7. The topological polar surface area (TPSA) is 54.0 Å². The molecule has 1 amide bonds. The van der Waals surface area contributed by atoms with Gasteiger partial charge in [0.05, 0.1) is 14.2 Å². The van der Waals surface area contributed by atoms with E-state index in [1.807, 2.05) is 60.8 Å². The molecule has 0 atom stereocenters. The molecule has 2 aromatic rings. The summed E-state index contributed by atoms with van der Waals surface area (Å²) in [6.07, 6.45) is 2.70. The van der Waals surface area contributed by atoms with E-state index >= 15 is 0 Å². The van der Waals surface area contributed by atoms with Crippen molar-refractivity contribution in [1.29, 1.82) is 0 Å². The summed E-state index contributed by atoms with van der Waals surface area (Å²) in [4.78, 5) is 17.5. The largest absolute Gasteiger partial charge is 0.496 e. The Morgan fingerprint density at radius 3 is 2.39 bits per heavy atom. The normalized spacial score (nSPS) is 11.0. The van der Waals surface area contributed by atoms with Crippen LogP contribution < -0.4 is 10.1 Å². The minimum absolute atomic E-state index is 0.0238. The van der Waals surface area contributed by atoms with E-state index in [1.165, 1.54) is 0 Å². The maximum absolute atomic E-state index is 12.0. The summed E-state index contributed by atoms with van der Waals surface area (Å²) in [6, 6.07) is 17.3. The molecule has 28 heavy (non-hydrogen) atoms. The molecule has 2 aromatic carbocycles. The van der Waals surface area contributed by atoms with Gasteiger partial charge in [-0.3, -0.25) is 9.63 Å². The van der Waals surface area contributed by atoms with Gasteiger partial charge in [0.15, 0.2) is 0 Å². The van der Waals surface area contributed by atoms with Crippen LogP contribution in [-0.2, 0) is 11.3 Å². The Bertz CT molecular complexity index is 709. The van der Waals surface area contributed by atoms with Gasteiger partial charge >= 0.3 is 0 Å². The van der Waals surface area contributed by atoms with Crippen LogP contribution >= 0.6 is 0 Å². The number of unbranched alkanes of at least 4 members (excludes halogenated alkanes) is 1. The molecule has 0 unspecified atom stereocenters. The molecule has 0 heterocycles. The van der Waals surface area contributed by atoms with Crippen molar-refractivity contribution >= 4 is 5.91 Å². The molecule has 0 saturated heterocycles. The summed E-state index contributed by atoms with van der Waals surface area (Å²) in [7, 11) is 5.38. The van der Waals surface area contributed by atoms with Crippen LogP contribution in [0.25, 0.3) is 0 Å². The average molecular weight is 386 g/mol. The molecular formula is C22H31N3O3. The van der Waals surface area contributed by atoms with Crippen molar-refractivity contribution in [3.05, 3.63) is 65.7 Å². The van der Waals surface area contributed by atoms with Crippen LogP contribution in [0.2, 0.25) is 0 Å². The SMILES string of the molecule is COc1ccccc1CCN(OC)N(C)CCCCNC(=O)c1ccccc1. The zero-order valence-corrected chi connectivity index (χ0v) is 17.1. The molecule has 2 rings (SSSR count). The molecule has 0 bridgehead atoms. The van der Waals surface area contributed by atoms with Gasteiger partial charge in [-0.2, -0.15) is 0 Å². The second-order valence-electron chi connectivity index (χ2n) is 6.53. The number of para-hydroxylation sites is 1. The van der Waals surface area contributed by atoms with E-state index in [4.69, 9.17) is 9.57 Å². The second-order valence-corrected chi connectivity index (χ2v) is 6.53. The number of benzene rings is 2. The molecule has 152 valence electrons. The van der Waals surface area contributed by atoms with Crippen molar-refractivity contribution in [1.82, 2.24) is 15.5 Å². The number of hydrazine groups is 1. The molecule has 0 aliphatic rings. The van der Waals surface area contributed by atoms with Gasteiger partial charge in [-0.25, -0.2) is 5.01 Å². The Hall–Kier alpha value is -2.41. The van der Waals surface area contributed by atoms with Crippen LogP contribution in [0, 0.1) is 0 Å². The lowest BCUT2D eigenvalue weighted by Crippen LogP contribution is -2.41. The number of carbonyl (C=O) groups excluding carboxylic acids is 1. The zero-order chi connectivity index (χ0) is 20.2. The molecule has 0 fully saturated rings. The van der Waals surface area contributed by atoms with E-state index < -0.39 is 0 Å². The lowest BCUT2D eigenvalue weighted by molar-refractivity contribution is -0.258. The van der Waals surface area contributed by atoms with Gasteiger partial charge in [0.2, 0.25) is 0 Å². The number of hydrogen-bond donors (Lipinski definition) is 1. The number of hydrogen-bond acceptors (Lipinski definition) is 5. The molecule has 6 heteroatoms. The summed E-state index contributed by atoms with van der Waals surface area (Å²) < 4.78 is 5.41. The van der Waals surface area contributed by atoms with Crippen molar-refractivity contribution in [3.63, 3.8) is 0 Å². The molecular weight excluding hydrogens is 354 g/mol. The highest BCUT2D eigenvalue weighted by Gasteiger charge is 2.12. The minimum Gasteiger partial charge on any atom is -0.496 e. The van der Waals surface area contributed by atoms with E-state index in [0.717, 1.165) is 43.7 Å². The van der Waals surface area contributed by atoms with Crippen molar-refractivity contribution in [2.75, 3.05) is 40.9 Å². The number of nitrogens with one attached hydrogen (secondary N) is 1. The predicted molar refractivity (Wildman–Crippen MR) is 111 cm³/mol. The molecule has 0 spiro atoms. The number of rotatable bonds is 12. The maximum Gasteiger partial charge on any atom is 0.251 e. The highest BCUT2D eigenvalue weighted by molar-refractivity contribution is 5.94. The van der Waals surface area contributed by atoms with Gasteiger partial charge in [0.25, 0.3) is 5.91 Å². The van der Waals surface area contributed by atoms with Crippen LogP contribution in [0.1, 0.15) is 28.8 Å². The smallest absolute Gasteiger partial charge is 0.251 e. The lowest BCUT2D eigenvalue weighted by atomic mass is 10.1. The first-order valence-electron chi connectivity index (χ1n) is 9.63. The van der Waals surface area contributed by atoms with Gasteiger partial charge in [-0.1, -0.05) is 36.4 Å². The predicted octanol–water partition coefficient (Wildman–Crippen LogP) is 3.16. The lowest BCUT2D eigenvalue weighted by Gasteiger charge is -2.29. The van der Waals surface area contributed by atoms with Gasteiger partial charge in [-0.05, 0) is 43.0 Å². The van der Waals surface area contributed by atoms with Crippen molar-refractivity contribution in [2.24, 2.45) is 0 Å². The number of methoxy groups -OCH3 is 1. The van der Waals surface area contributed by atoms with Crippen LogP contribution in [0.15, 0.2) is 54.6 Å². The van der Waals surface area contributed by atoms with E-state index in [2.05, 4.69) is 16.4 Å². The fraction of sp³-hybridized carbons (Fsp3) is 0.409. The molecule has 0 aromatic heterocycles. The zero-order valence-electron chi connectivity index (χ0n) is 17.1. The Balaban J connectivity index is 1.67. The summed E-state index contributed by atoms with van der Waals surface area (Å²) in [5.41, 5.74) is 1.85. The standard InChI is InChI=1S/C22H31N3O3/c1-24(17-10-9-16-23-22(26)20-12-5-4-6-13-20)25(28-3)18-15-19-11-7-8-14-21(19)27-2/h4-8,11-14H,9-10,15-18H2,1-3H3,(H,23,26). The Labute approximate surface area is 168 Å². The summed E-state index contributed by atoms with van der Waals surface area (Å²) >= 11 is 0. The maximum atomic E-state index is 12.0. The number of hydroxylamine groups is 1. The van der Waals surface area contributed by atoms with Crippen molar-refractivity contribution in [2.45, 2.75) is 19.3 Å². The second kappa shape index (κ2) is 12.1. The summed E-state index contributed by atoms with van der Waals surface area (Å²) in [5, 5.41) is 6.88. The van der Waals surface area contributed by atoms with E-state index in [-0.39, 0.29) is 5.91 Å². The van der Waals surface area contributed by atoms with E-state index in [0.29, 0.717) is 12.1 Å². The first-order chi connectivity index (χ1) is 13.7. The highest BCUT2D eigenvalue weighted by Crippen LogP contribution is 2.18. The number of nitrogens with zero attached hydrogens (tertiary/aromatic N) is 2. The summed E-state index contributed by atoms with van der Waals surface area (Å²) in [5.74, 6) is 0.875. The average Bonchev–Trinajstić information content (AvgIpc) is 2.74. The van der Waals surface area contributed by atoms with Crippen LogP contribution in [0.5, 0.6) is 5.75 Å². The van der Waals surface area contributed by atoms with Crippen LogP contribution in [-0.4, -0.2) is 57.0 Å². The molecule has 0 aliphatic heterocycles. The van der Waals surface area contributed by atoms with Crippen LogP contribution in [0.3, 0.4) is 0 Å². The molecule has 6 nitrogen and oxygen atoms in total. The fourth-order valence-electron chi connectivity index (χ4n) is 3.00. The van der Waals surface area contributed by atoms with Gasteiger partial charge < -0.3 is 10.1 Å². The molecule has 0 radical (unpaired) electrons. The first kappa shape index (κ1) is 21.9. The Morgan fingerprint density at radius 1 is 0.964 bits per heavy atom. The van der Waals surface area contributed by atoms with Gasteiger partial charge in [-0.15, -0.1) is 5.17 Å². The number of ether oxygens (including phenoxy) is 1.